The Balaban J connectivity index is 2.53. The smallest absolute Gasteiger partial charge is 0.325 e. The minimum Gasteiger partial charge on any atom is -0.351 e. The van der Waals surface area contributed by atoms with Crippen LogP contribution in [0.4, 0.5) is 15.6 Å². The standard InChI is InChI=1S/C13H15N3OS/c1-9(2)10-5-3-4-6-11(10)16(12(14)17)13-15-7-8-18-13/h3-9H,1-2H3,(H2,14,17). The molecule has 0 atom stereocenters. The van der Waals surface area contributed by atoms with E-state index < -0.39 is 6.03 Å². The van der Waals surface area contributed by atoms with Crippen LogP contribution in [0.3, 0.4) is 0 Å². The molecule has 1 heterocycles. The van der Waals surface area contributed by atoms with Gasteiger partial charge in [-0.1, -0.05) is 32.0 Å². The highest BCUT2D eigenvalue weighted by molar-refractivity contribution is 7.13. The summed E-state index contributed by atoms with van der Waals surface area (Å²) in [4.78, 5) is 17.3. The number of carbonyl (C=O) groups is 1. The number of carbonyl (C=O) groups excluding carboxylic acids is 1. The van der Waals surface area contributed by atoms with E-state index in [1.165, 1.54) is 16.2 Å². The third-order valence-electron chi connectivity index (χ3n) is 2.63. The van der Waals surface area contributed by atoms with E-state index in [-0.39, 0.29) is 0 Å². The van der Waals surface area contributed by atoms with Gasteiger partial charge in [-0.3, -0.25) is 0 Å². The minimum atomic E-state index is -0.516. The summed E-state index contributed by atoms with van der Waals surface area (Å²) in [6, 6.07) is 7.23. The van der Waals surface area contributed by atoms with E-state index in [1.807, 2.05) is 29.6 Å². The molecule has 0 aliphatic carbocycles. The first-order chi connectivity index (χ1) is 8.61. The number of primary amides is 1. The van der Waals surface area contributed by atoms with Gasteiger partial charge in [-0.2, -0.15) is 0 Å². The first-order valence-electron chi connectivity index (χ1n) is 5.69. The second-order valence-corrected chi connectivity index (χ2v) is 5.07. The lowest BCUT2D eigenvalue weighted by Crippen LogP contribution is -2.32. The number of hydrogen-bond acceptors (Lipinski definition) is 3. The molecule has 1 aromatic carbocycles. The summed E-state index contributed by atoms with van der Waals surface area (Å²) < 4.78 is 0. The van der Waals surface area contributed by atoms with E-state index in [2.05, 4.69) is 18.8 Å². The number of anilines is 2. The number of aromatic nitrogens is 1. The maximum atomic E-state index is 11.7. The molecular weight excluding hydrogens is 246 g/mol. The van der Waals surface area contributed by atoms with Crippen molar-refractivity contribution >= 4 is 28.2 Å². The van der Waals surface area contributed by atoms with Crippen molar-refractivity contribution in [3.63, 3.8) is 0 Å². The van der Waals surface area contributed by atoms with Crippen molar-refractivity contribution in [2.24, 2.45) is 5.73 Å². The Hall–Kier alpha value is -1.88. The van der Waals surface area contributed by atoms with Gasteiger partial charge in [-0.05, 0) is 17.5 Å². The zero-order valence-electron chi connectivity index (χ0n) is 10.3. The summed E-state index contributed by atoms with van der Waals surface area (Å²) in [6.07, 6.45) is 1.66. The molecule has 2 aromatic rings. The molecule has 0 saturated heterocycles. The molecule has 2 N–H and O–H groups in total. The number of urea groups is 1. The lowest BCUT2D eigenvalue weighted by molar-refractivity contribution is 0.256. The number of benzene rings is 1. The van der Waals surface area contributed by atoms with E-state index in [0.29, 0.717) is 11.0 Å². The van der Waals surface area contributed by atoms with Crippen LogP contribution in [0, 0.1) is 0 Å². The molecule has 0 saturated carbocycles. The highest BCUT2D eigenvalue weighted by atomic mass is 32.1. The molecule has 0 bridgehead atoms. The summed E-state index contributed by atoms with van der Waals surface area (Å²) in [5, 5.41) is 2.42. The first kappa shape index (κ1) is 12.6. The van der Waals surface area contributed by atoms with Crippen molar-refractivity contribution in [3.05, 3.63) is 41.4 Å². The topological polar surface area (TPSA) is 59.2 Å². The highest BCUT2D eigenvalue weighted by Gasteiger charge is 2.21. The number of amides is 2. The Morgan fingerprint density at radius 3 is 2.67 bits per heavy atom. The van der Waals surface area contributed by atoms with Crippen LogP contribution in [0.1, 0.15) is 25.3 Å². The van der Waals surface area contributed by atoms with Gasteiger partial charge < -0.3 is 5.73 Å². The van der Waals surface area contributed by atoms with Crippen molar-refractivity contribution in [1.29, 1.82) is 0 Å². The first-order valence-corrected chi connectivity index (χ1v) is 6.57. The van der Waals surface area contributed by atoms with Gasteiger partial charge in [-0.25, -0.2) is 14.7 Å². The SMILES string of the molecule is CC(C)c1ccccc1N(C(N)=O)c1nccs1. The molecule has 0 radical (unpaired) electrons. The monoisotopic (exact) mass is 261 g/mol. The molecule has 0 fully saturated rings. The van der Waals surface area contributed by atoms with E-state index in [9.17, 15) is 4.79 Å². The Morgan fingerprint density at radius 2 is 2.11 bits per heavy atom. The molecule has 2 amide bonds. The molecule has 94 valence electrons. The number of para-hydroxylation sites is 1. The Labute approximate surface area is 110 Å². The van der Waals surface area contributed by atoms with Crippen molar-refractivity contribution in [2.45, 2.75) is 19.8 Å². The predicted octanol–water partition coefficient (Wildman–Crippen LogP) is 3.48. The van der Waals surface area contributed by atoms with Crippen LogP contribution in [0.2, 0.25) is 0 Å². The van der Waals surface area contributed by atoms with Crippen LogP contribution in [0.15, 0.2) is 35.8 Å². The van der Waals surface area contributed by atoms with Gasteiger partial charge in [0.25, 0.3) is 0 Å². The fourth-order valence-electron chi connectivity index (χ4n) is 1.82. The van der Waals surface area contributed by atoms with Crippen LogP contribution < -0.4 is 10.6 Å². The Morgan fingerprint density at radius 1 is 1.39 bits per heavy atom. The molecule has 0 aliphatic rings. The quantitative estimate of drug-likeness (QED) is 0.919. The third-order valence-corrected chi connectivity index (χ3v) is 3.39. The number of nitrogens with zero attached hydrogens (tertiary/aromatic N) is 2. The molecule has 0 aliphatic heterocycles. The number of nitrogens with two attached hydrogens (primary N) is 1. The van der Waals surface area contributed by atoms with Crippen LogP contribution in [0.5, 0.6) is 0 Å². The van der Waals surface area contributed by atoms with Gasteiger partial charge in [0.05, 0.1) is 5.69 Å². The fourth-order valence-corrected chi connectivity index (χ4v) is 2.48. The lowest BCUT2D eigenvalue weighted by atomic mass is 10.0. The molecule has 5 heteroatoms. The third kappa shape index (κ3) is 2.36. The van der Waals surface area contributed by atoms with Crippen LogP contribution >= 0.6 is 11.3 Å². The summed E-state index contributed by atoms with van der Waals surface area (Å²) in [6.45, 7) is 4.17. The number of rotatable bonds is 3. The zero-order valence-corrected chi connectivity index (χ0v) is 11.1. The number of hydrogen-bond donors (Lipinski definition) is 1. The van der Waals surface area contributed by atoms with Gasteiger partial charge in [0, 0.05) is 11.6 Å². The van der Waals surface area contributed by atoms with Gasteiger partial charge >= 0.3 is 6.03 Å². The Bertz CT molecular complexity index is 537. The van der Waals surface area contributed by atoms with Gasteiger partial charge in [0.2, 0.25) is 0 Å². The molecule has 1 aromatic heterocycles. The lowest BCUT2D eigenvalue weighted by Gasteiger charge is -2.22. The molecule has 0 unspecified atom stereocenters. The molecule has 2 rings (SSSR count). The summed E-state index contributed by atoms with van der Waals surface area (Å²) in [5.41, 5.74) is 7.36. The van der Waals surface area contributed by atoms with Gasteiger partial charge in [0.15, 0.2) is 5.13 Å². The van der Waals surface area contributed by atoms with Crippen molar-refractivity contribution in [2.75, 3.05) is 4.90 Å². The molecular formula is C13H15N3OS. The van der Waals surface area contributed by atoms with Gasteiger partial charge in [0.1, 0.15) is 0 Å². The largest absolute Gasteiger partial charge is 0.351 e. The summed E-state index contributed by atoms with van der Waals surface area (Å²) in [5.74, 6) is 0.308. The fraction of sp³-hybridized carbons (Fsp3) is 0.231. The number of thiazole rings is 1. The van der Waals surface area contributed by atoms with Gasteiger partial charge in [-0.15, -0.1) is 11.3 Å². The van der Waals surface area contributed by atoms with Crippen molar-refractivity contribution in [1.82, 2.24) is 4.98 Å². The predicted molar refractivity (Wildman–Crippen MR) is 74.4 cm³/mol. The molecule has 4 nitrogen and oxygen atoms in total. The summed E-state index contributed by atoms with van der Waals surface area (Å²) >= 11 is 1.39. The second-order valence-electron chi connectivity index (χ2n) is 4.20. The summed E-state index contributed by atoms with van der Waals surface area (Å²) in [7, 11) is 0. The average Bonchev–Trinajstić information content (AvgIpc) is 2.83. The van der Waals surface area contributed by atoms with Crippen molar-refractivity contribution < 1.29 is 4.79 Å². The second kappa shape index (κ2) is 5.18. The molecule has 0 spiro atoms. The maximum absolute atomic E-state index is 11.7. The van der Waals surface area contributed by atoms with Crippen LogP contribution in [-0.2, 0) is 0 Å². The van der Waals surface area contributed by atoms with E-state index in [0.717, 1.165) is 11.3 Å². The average molecular weight is 261 g/mol. The van der Waals surface area contributed by atoms with Crippen molar-refractivity contribution in [3.8, 4) is 0 Å². The Kier molecular flexibility index (Phi) is 3.62. The van der Waals surface area contributed by atoms with Crippen LogP contribution in [-0.4, -0.2) is 11.0 Å². The van der Waals surface area contributed by atoms with Crippen LogP contribution in [0.25, 0.3) is 0 Å². The van der Waals surface area contributed by atoms with E-state index in [1.54, 1.807) is 6.20 Å². The van der Waals surface area contributed by atoms with E-state index in [4.69, 9.17) is 5.73 Å². The molecule has 18 heavy (non-hydrogen) atoms. The van der Waals surface area contributed by atoms with E-state index >= 15 is 0 Å². The minimum absolute atomic E-state index is 0.308. The zero-order chi connectivity index (χ0) is 13.1. The normalized spacial score (nSPS) is 10.6. The highest BCUT2D eigenvalue weighted by Crippen LogP contribution is 2.33. The maximum Gasteiger partial charge on any atom is 0.325 e.